The van der Waals surface area contributed by atoms with Gasteiger partial charge in [-0.15, -0.1) is 0 Å². The Hall–Kier alpha value is -1.33. The molecule has 1 aromatic rings. The van der Waals surface area contributed by atoms with Gasteiger partial charge in [-0.2, -0.15) is 0 Å². The third-order valence-corrected chi connectivity index (χ3v) is 4.49. The fourth-order valence-corrected chi connectivity index (χ4v) is 3.45. The summed E-state index contributed by atoms with van der Waals surface area (Å²) in [7, 11) is 0. The number of halogens is 1. The summed E-state index contributed by atoms with van der Waals surface area (Å²) in [5, 5.41) is 0. The minimum atomic E-state index is -0.536. The highest BCUT2D eigenvalue weighted by Crippen LogP contribution is 2.38. The van der Waals surface area contributed by atoms with Gasteiger partial charge >= 0.3 is 0 Å². The molecular formula is C15H19FN2O2. The van der Waals surface area contributed by atoms with Crippen molar-refractivity contribution < 1.29 is 13.9 Å². The molecule has 1 saturated heterocycles. The summed E-state index contributed by atoms with van der Waals surface area (Å²) in [5.74, 6) is -0.603. The molecule has 1 aromatic heterocycles. The van der Waals surface area contributed by atoms with Gasteiger partial charge in [-0.25, -0.2) is 4.39 Å². The monoisotopic (exact) mass is 278 g/mol. The molecule has 0 atom stereocenters. The van der Waals surface area contributed by atoms with Crippen LogP contribution in [-0.2, 0) is 4.74 Å². The highest BCUT2D eigenvalue weighted by Gasteiger charge is 2.47. The molecule has 0 bridgehead atoms. The van der Waals surface area contributed by atoms with Gasteiger partial charge < -0.3 is 4.74 Å². The van der Waals surface area contributed by atoms with Gasteiger partial charge in [0.05, 0.1) is 30.5 Å². The van der Waals surface area contributed by atoms with E-state index in [-0.39, 0.29) is 11.3 Å². The van der Waals surface area contributed by atoms with Crippen molar-refractivity contribution in [3.63, 3.8) is 0 Å². The van der Waals surface area contributed by atoms with Gasteiger partial charge in [0.25, 0.3) is 0 Å². The standard InChI is InChI=1S/C15H19FN2O2/c16-13-11-17-6-3-12(13)14(19)15(4-1-2-5-15)18-7-9-20-10-8-18/h3,6,11H,1-2,4-5,7-10H2. The van der Waals surface area contributed by atoms with Crippen molar-refractivity contribution in [3.05, 3.63) is 29.8 Å². The van der Waals surface area contributed by atoms with E-state index in [4.69, 9.17) is 4.74 Å². The molecule has 1 aliphatic carbocycles. The van der Waals surface area contributed by atoms with Gasteiger partial charge in [-0.3, -0.25) is 14.7 Å². The van der Waals surface area contributed by atoms with E-state index in [1.807, 2.05) is 0 Å². The number of aromatic nitrogens is 1. The Bertz CT molecular complexity index is 494. The van der Waals surface area contributed by atoms with Gasteiger partial charge in [0.2, 0.25) is 0 Å². The number of ether oxygens (including phenoxy) is 1. The topological polar surface area (TPSA) is 42.4 Å². The Labute approximate surface area is 117 Å². The molecule has 20 heavy (non-hydrogen) atoms. The van der Waals surface area contributed by atoms with Crippen LogP contribution in [0.25, 0.3) is 0 Å². The van der Waals surface area contributed by atoms with Gasteiger partial charge in [-0.1, -0.05) is 12.8 Å². The van der Waals surface area contributed by atoms with E-state index in [9.17, 15) is 9.18 Å². The van der Waals surface area contributed by atoms with E-state index in [2.05, 4.69) is 9.88 Å². The van der Waals surface area contributed by atoms with Crippen LogP contribution in [0.1, 0.15) is 36.0 Å². The molecule has 2 aliphatic rings. The largest absolute Gasteiger partial charge is 0.379 e. The molecule has 3 rings (SSSR count). The van der Waals surface area contributed by atoms with E-state index in [0.717, 1.165) is 45.0 Å². The first-order chi connectivity index (χ1) is 9.74. The lowest BCUT2D eigenvalue weighted by Crippen LogP contribution is -2.56. The molecule has 1 saturated carbocycles. The molecule has 0 aromatic carbocycles. The summed E-state index contributed by atoms with van der Waals surface area (Å²) in [6, 6.07) is 1.50. The normalized spacial score (nSPS) is 22.9. The summed E-state index contributed by atoms with van der Waals surface area (Å²) in [5.41, 5.74) is -0.361. The quantitative estimate of drug-likeness (QED) is 0.794. The van der Waals surface area contributed by atoms with Crippen molar-refractivity contribution in [2.45, 2.75) is 31.2 Å². The van der Waals surface area contributed by atoms with Crippen LogP contribution in [0.15, 0.2) is 18.5 Å². The maximum absolute atomic E-state index is 13.9. The number of nitrogens with zero attached hydrogens (tertiary/aromatic N) is 2. The third-order valence-electron chi connectivity index (χ3n) is 4.49. The molecule has 1 aliphatic heterocycles. The maximum atomic E-state index is 13.9. The molecule has 0 spiro atoms. The van der Waals surface area contributed by atoms with Crippen molar-refractivity contribution in [2.75, 3.05) is 26.3 Å². The van der Waals surface area contributed by atoms with Crippen molar-refractivity contribution in [1.82, 2.24) is 9.88 Å². The van der Waals surface area contributed by atoms with Crippen LogP contribution < -0.4 is 0 Å². The van der Waals surface area contributed by atoms with Gasteiger partial charge in [-0.05, 0) is 18.9 Å². The highest BCUT2D eigenvalue weighted by atomic mass is 19.1. The third kappa shape index (κ3) is 2.25. The Morgan fingerprint density at radius 2 is 2.00 bits per heavy atom. The minimum absolute atomic E-state index is 0.0863. The molecule has 108 valence electrons. The van der Waals surface area contributed by atoms with Gasteiger partial charge in [0, 0.05) is 19.3 Å². The molecule has 2 heterocycles. The number of carbonyl (C=O) groups excluding carboxylic acids is 1. The first kappa shape index (κ1) is 13.6. The smallest absolute Gasteiger partial charge is 0.186 e. The van der Waals surface area contributed by atoms with Crippen LogP contribution in [0.2, 0.25) is 0 Å². The van der Waals surface area contributed by atoms with Crippen molar-refractivity contribution >= 4 is 5.78 Å². The summed E-state index contributed by atoms with van der Waals surface area (Å²) in [6.07, 6.45) is 6.28. The van der Waals surface area contributed by atoms with Crippen molar-refractivity contribution in [2.24, 2.45) is 0 Å². The number of ketones is 1. The fourth-order valence-electron chi connectivity index (χ4n) is 3.45. The van der Waals surface area contributed by atoms with Gasteiger partial charge in [0.1, 0.15) is 0 Å². The Balaban J connectivity index is 1.94. The fraction of sp³-hybridized carbons (Fsp3) is 0.600. The number of morpholine rings is 1. The average molecular weight is 278 g/mol. The predicted octanol–water partition coefficient (Wildman–Crippen LogP) is 2.05. The van der Waals surface area contributed by atoms with Crippen molar-refractivity contribution in [3.8, 4) is 0 Å². The number of carbonyl (C=O) groups is 1. The zero-order valence-electron chi connectivity index (χ0n) is 11.5. The second-order valence-electron chi connectivity index (χ2n) is 5.52. The van der Waals surface area contributed by atoms with Crippen LogP contribution in [0.3, 0.4) is 0 Å². The zero-order valence-corrected chi connectivity index (χ0v) is 11.5. The lowest BCUT2D eigenvalue weighted by molar-refractivity contribution is -0.0131. The Morgan fingerprint density at radius 1 is 1.30 bits per heavy atom. The number of rotatable bonds is 3. The summed E-state index contributed by atoms with van der Waals surface area (Å²) in [4.78, 5) is 18.9. The van der Waals surface area contributed by atoms with E-state index >= 15 is 0 Å². The minimum Gasteiger partial charge on any atom is -0.379 e. The highest BCUT2D eigenvalue weighted by molar-refractivity contribution is 6.03. The maximum Gasteiger partial charge on any atom is 0.186 e. The first-order valence-corrected chi connectivity index (χ1v) is 7.21. The van der Waals surface area contributed by atoms with E-state index in [1.54, 1.807) is 0 Å². The lowest BCUT2D eigenvalue weighted by Gasteiger charge is -2.42. The second-order valence-corrected chi connectivity index (χ2v) is 5.52. The van der Waals surface area contributed by atoms with Crippen LogP contribution >= 0.6 is 0 Å². The molecule has 4 nitrogen and oxygen atoms in total. The van der Waals surface area contributed by atoms with Crippen LogP contribution in [0.4, 0.5) is 4.39 Å². The molecule has 2 fully saturated rings. The van der Waals surface area contributed by atoms with Crippen LogP contribution in [0.5, 0.6) is 0 Å². The SMILES string of the molecule is O=C(c1ccncc1F)C1(N2CCOCC2)CCCC1. The second kappa shape index (κ2) is 5.58. The number of hydrogen-bond donors (Lipinski definition) is 0. The van der Waals surface area contributed by atoms with E-state index < -0.39 is 11.4 Å². The van der Waals surface area contributed by atoms with Gasteiger partial charge in [0.15, 0.2) is 11.6 Å². The zero-order chi connectivity index (χ0) is 14.0. The summed E-state index contributed by atoms with van der Waals surface area (Å²) < 4.78 is 19.3. The summed E-state index contributed by atoms with van der Waals surface area (Å²) >= 11 is 0. The molecule has 0 radical (unpaired) electrons. The Morgan fingerprint density at radius 3 is 2.65 bits per heavy atom. The van der Waals surface area contributed by atoms with Crippen LogP contribution in [0, 0.1) is 5.82 Å². The molecule has 0 amide bonds. The average Bonchev–Trinajstić information content (AvgIpc) is 2.99. The number of hydrogen-bond acceptors (Lipinski definition) is 4. The first-order valence-electron chi connectivity index (χ1n) is 7.21. The Kier molecular flexibility index (Phi) is 3.81. The number of pyridine rings is 1. The molecule has 0 N–H and O–H groups in total. The van der Waals surface area contributed by atoms with Crippen LogP contribution in [-0.4, -0.2) is 47.5 Å². The summed E-state index contributed by atoms with van der Waals surface area (Å²) in [6.45, 7) is 2.79. The lowest BCUT2D eigenvalue weighted by atomic mass is 9.85. The number of Topliss-reactive ketones (excluding diaryl/α,β-unsaturated/α-hetero) is 1. The molecule has 0 unspecified atom stereocenters. The van der Waals surface area contributed by atoms with E-state index in [0.29, 0.717) is 13.2 Å². The van der Waals surface area contributed by atoms with E-state index in [1.165, 1.54) is 12.3 Å². The van der Waals surface area contributed by atoms with Crippen molar-refractivity contribution in [1.29, 1.82) is 0 Å². The predicted molar refractivity (Wildman–Crippen MR) is 72.1 cm³/mol. The molecular weight excluding hydrogens is 259 g/mol. The molecule has 5 heteroatoms.